The average molecular weight is 345 g/mol. The molecular formula is C14H14Cl2N2O2S. The highest BCUT2D eigenvalue weighted by Crippen LogP contribution is 2.34. The van der Waals surface area contributed by atoms with Gasteiger partial charge in [-0.25, -0.2) is 4.98 Å². The van der Waals surface area contributed by atoms with Crippen LogP contribution in [0.2, 0.25) is 5.02 Å². The fourth-order valence-electron chi connectivity index (χ4n) is 1.76. The smallest absolute Gasteiger partial charge is 0.352 e. The van der Waals surface area contributed by atoms with Crippen molar-refractivity contribution in [3.8, 4) is 0 Å². The Bertz CT molecular complexity index is 575. The summed E-state index contributed by atoms with van der Waals surface area (Å²) in [6.45, 7) is 2.27. The van der Waals surface area contributed by atoms with Gasteiger partial charge in [0.05, 0.1) is 12.9 Å². The Labute approximate surface area is 138 Å². The molecule has 2 unspecified atom stereocenters. The van der Waals surface area contributed by atoms with Crippen molar-refractivity contribution >= 4 is 40.7 Å². The Morgan fingerprint density at radius 1 is 1.38 bits per heavy atom. The van der Waals surface area contributed by atoms with Crippen molar-refractivity contribution in [1.82, 2.24) is 9.55 Å². The third kappa shape index (κ3) is 4.33. The molecule has 0 aliphatic rings. The van der Waals surface area contributed by atoms with Gasteiger partial charge in [0.2, 0.25) is 0 Å². The lowest BCUT2D eigenvalue weighted by molar-refractivity contribution is 0.105. The highest BCUT2D eigenvalue weighted by molar-refractivity contribution is 7.79. The van der Waals surface area contributed by atoms with Crippen LogP contribution >= 0.6 is 35.4 Å². The first-order chi connectivity index (χ1) is 10.1. The molecule has 0 N–H and O–H groups in total. The molecule has 112 valence electrons. The largest absolute Gasteiger partial charge is 0.457 e. The van der Waals surface area contributed by atoms with Crippen molar-refractivity contribution in [2.24, 2.45) is 0 Å². The Morgan fingerprint density at radius 3 is 2.67 bits per heavy atom. The standard InChI is InChI=1S/C14H14Cl2N2O2S/c1-2-19-14(21)20-12(10-3-5-11(15)6-4-10)13(16)18-8-7-17-9-18/h3-9,12-13H,2H2,1H3. The summed E-state index contributed by atoms with van der Waals surface area (Å²) in [6, 6.07) is 7.23. The molecular weight excluding hydrogens is 331 g/mol. The van der Waals surface area contributed by atoms with E-state index in [-0.39, 0.29) is 5.24 Å². The number of aromatic nitrogens is 2. The molecule has 1 heterocycles. The minimum absolute atomic E-state index is 0.0585. The van der Waals surface area contributed by atoms with E-state index in [9.17, 15) is 0 Å². The van der Waals surface area contributed by atoms with Gasteiger partial charge in [-0.1, -0.05) is 35.3 Å². The van der Waals surface area contributed by atoms with Gasteiger partial charge in [0.1, 0.15) is 0 Å². The second kappa shape index (κ2) is 7.64. The van der Waals surface area contributed by atoms with Crippen LogP contribution in [-0.4, -0.2) is 21.4 Å². The van der Waals surface area contributed by atoms with Crippen LogP contribution in [0.5, 0.6) is 0 Å². The van der Waals surface area contributed by atoms with Gasteiger partial charge in [0, 0.05) is 29.6 Å². The summed E-state index contributed by atoms with van der Waals surface area (Å²) in [4.78, 5) is 3.99. The number of hydrogen-bond donors (Lipinski definition) is 0. The van der Waals surface area contributed by atoms with Crippen molar-refractivity contribution < 1.29 is 9.47 Å². The number of hydrogen-bond acceptors (Lipinski definition) is 4. The Hall–Kier alpha value is -1.30. The van der Waals surface area contributed by atoms with Crippen molar-refractivity contribution in [3.63, 3.8) is 0 Å². The van der Waals surface area contributed by atoms with Crippen LogP contribution in [0.1, 0.15) is 24.1 Å². The highest BCUT2D eigenvalue weighted by atomic mass is 35.5. The summed E-state index contributed by atoms with van der Waals surface area (Å²) in [5.41, 5.74) is 0.322. The average Bonchev–Trinajstić information content (AvgIpc) is 3.00. The zero-order valence-electron chi connectivity index (χ0n) is 11.3. The van der Waals surface area contributed by atoms with Crippen molar-refractivity contribution in [1.29, 1.82) is 0 Å². The maximum absolute atomic E-state index is 6.48. The van der Waals surface area contributed by atoms with E-state index in [4.69, 9.17) is 44.9 Å². The third-order valence-corrected chi connectivity index (χ3v) is 3.66. The molecule has 2 atom stereocenters. The SMILES string of the molecule is CCOC(=S)OC(c1ccc(Cl)cc1)C(Cl)n1ccnc1. The fraction of sp³-hybridized carbons (Fsp3) is 0.286. The van der Waals surface area contributed by atoms with Gasteiger partial charge in [0.15, 0.2) is 11.6 Å². The molecule has 21 heavy (non-hydrogen) atoms. The first kappa shape index (κ1) is 16.1. The van der Waals surface area contributed by atoms with Crippen LogP contribution in [0, 0.1) is 0 Å². The van der Waals surface area contributed by atoms with Gasteiger partial charge >= 0.3 is 5.24 Å². The number of thiocarbonyl (C=S) groups is 1. The lowest BCUT2D eigenvalue weighted by Crippen LogP contribution is -2.19. The first-order valence-corrected chi connectivity index (χ1v) is 7.54. The second-order valence-electron chi connectivity index (χ2n) is 4.16. The number of alkyl halides is 1. The van der Waals surface area contributed by atoms with Gasteiger partial charge in [-0.2, -0.15) is 0 Å². The quantitative estimate of drug-likeness (QED) is 0.596. The molecule has 0 bridgehead atoms. The Kier molecular flexibility index (Phi) is 5.85. The second-order valence-corrected chi connectivity index (χ2v) is 5.37. The molecule has 1 aromatic heterocycles. The van der Waals surface area contributed by atoms with Crippen molar-refractivity contribution in [2.45, 2.75) is 18.5 Å². The van der Waals surface area contributed by atoms with Gasteiger partial charge in [-0.3, -0.25) is 0 Å². The molecule has 0 spiro atoms. The zero-order valence-corrected chi connectivity index (χ0v) is 13.6. The molecule has 2 rings (SSSR count). The summed E-state index contributed by atoms with van der Waals surface area (Å²) in [5.74, 6) is 0. The van der Waals surface area contributed by atoms with Gasteiger partial charge in [-0.15, -0.1) is 0 Å². The summed E-state index contributed by atoms with van der Waals surface area (Å²) >= 11 is 17.4. The predicted molar refractivity (Wildman–Crippen MR) is 86.6 cm³/mol. The molecule has 0 saturated heterocycles. The van der Waals surface area contributed by atoms with Crippen LogP contribution in [0.25, 0.3) is 0 Å². The Morgan fingerprint density at radius 2 is 2.10 bits per heavy atom. The van der Waals surface area contributed by atoms with E-state index in [1.165, 1.54) is 0 Å². The number of rotatable bonds is 5. The number of ether oxygens (including phenoxy) is 2. The van der Waals surface area contributed by atoms with E-state index in [1.807, 2.05) is 19.1 Å². The molecule has 0 aliphatic heterocycles. The molecule has 0 fully saturated rings. The predicted octanol–water partition coefficient (Wildman–Crippen LogP) is 4.35. The molecule has 0 saturated carbocycles. The zero-order chi connectivity index (χ0) is 15.2. The Balaban J connectivity index is 2.25. The number of nitrogens with zero attached hydrogens (tertiary/aromatic N) is 2. The lowest BCUT2D eigenvalue weighted by atomic mass is 10.1. The number of halogens is 2. The van der Waals surface area contributed by atoms with Gasteiger partial charge < -0.3 is 14.0 Å². The molecule has 7 heteroatoms. The minimum Gasteiger partial charge on any atom is -0.457 e. The highest BCUT2D eigenvalue weighted by Gasteiger charge is 2.26. The molecule has 1 aromatic carbocycles. The molecule has 2 aromatic rings. The van der Waals surface area contributed by atoms with Crippen LogP contribution in [0.15, 0.2) is 43.0 Å². The molecule has 0 amide bonds. The normalized spacial score (nSPS) is 13.5. The summed E-state index contributed by atoms with van der Waals surface area (Å²) < 4.78 is 12.6. The number of benzene rings is 1. The van der Waals surface area contributed by atoms with Crippen LogP contribution in [0.3, 0.4) is 0 Å². The van der Waals surface area contributed by atoms with Crippen molar-refractivity contribution in [2.75, 3.05) is 6.61 Å². The van der Waals surface area contributed by atoms with Crippen LogP contribution in [-0.2, 0) is 9.47 Å². The van der Waals surface area contributed by atoms with E-state index >= 15 is 0 Å². The maximum Gasteiger partial charge on any atom is 0.352 e. The summed E-state index contributed by atoms with van der Waals surface area (Å²) in [5, 5.41) is 0.696. The maximum atomic E-state index is 6.48. The van der Waals surface area contributed by atoms with E-state index in [2.05, 4.69) is 4.98 Å². The van der Waals surface area contributed by atoms with Crippen LogP contribution in [0.4, 0.5) is 0 Å². The first-order valence-electron chi connectivity index (χ1n) is 6.32. The van der Waals surface area contributed by atoms with Gasteiger partial charge in [-0.05, 0) is 24.6 Å². The molecule has 0 aliphatic carbocycles. The third-order valence-electron chi connectivity index (χ3n) is 2.74. The fourth-order valence-corrected chi connectivity index (χ4v) is 2.42. The lowest BCUT2D eigenvalue weighted by Gasteiger charge is -2.24. The molecule has 4 nitrogen and oxygen atoms in total. The van der Waals surface area contributed by atoms with E-state index in [1.54, 1.807) is 35.4 Å². The summed E-state index contributed by atoms with van der Waals surface area (Å²) in [6.07, 6.45) is 4.51. The topological polar surface area (TPSA) is 36.3 Å². The monoisotopic (exact) mass is 344 g/mol. The summed E-state index contributed by atoms with van der Waals surface area (Å²) in [7, 11) is 0. The van der Waals surface area contributed by atoms with Gasteiger partial charge in [0.25, 0.3) is 0 Å². The molecule has 0 radical (unpaired) electrons. The van der Waals surface area contributed by atoms with Crippen molar-refractivity contribution in [3.05, 3.63) is 53.6 Å². The van der Waals surface area contributed by atoms with E-state index in [0.29, 0.717) is 11.6 Å². The number of imidazole rings is 1. The van der Waals surface area contributed by atoms with E-state index in [0.717, 1.165) is 5.56 Å². The van der Waals surface area contributed by atoms with Crippen LogP contribution < -0.4 is 0 Å². The van der Waals surface area contributed by atoms with E-state index < -0.39 is 11.6 Å². The minimum atomic E-state index is -0.521.